The topological polar surface area (TPSA) is 96.9 Å². The summed E-state index contributed by atoms with van der Waals surface area (Å²) in [6, 6.07) is 23.1. The number of fused-ring (bicyclic) bond motifs is 1. The summed E-state index contributed by atoms with van der Waals surface area (Å²) < 4.78 is 0. The van der Waals surface area contributed by atoms with Crippen molar-refractivity contribution in [3.8, 4) is 22.3 Å². The van der Waals surface area contributed by atoms with Crippen molar-refractivity contribution in [3.63, 3.8) is 0 Å². The molecule has 1 aliphatic rings. The predicted octanol–water partition coefficient (Wildman–Crippen LogP) is 6.61. The molecule has 0 bridgehead atoms. The number of anilines is 2. The smallest absolute Gasteiger partial charge is 0.256 e. The maximum atomic E-state index is 12.9. The maximum absolute atomic E-state index is 12.9. The predicted molar refractivity (Wildman–Crippen MR) is 153 cm³/mol. The molecule has 3 aromatic carbocycles. The molecule has 0 radical (unpaired) electrons. The first kappa shape index (κ1) is 24.2. The summed E-state index contributed by atoms with van der Waals surface area (Å²) in [6.45, 7) is 3.52. The van der Waals surface area contributed by atoms with Crippen molar-refractivity contribution in [2.45, 2.75) is 18.8 Å². The van der Waals surface area contributed by atoms with Gasteiger partial charge in [0, 0.05) is 34.6 Å². The zero-order chi connectivity index (χ0) is 26.8. The minimum Gasteiger partial charge on any atom is -0.323 e. The van der Waals surface area contributed by atoms with E-state index in [0.29, 0.717) is 23.0 Å². The van der Waals surface area contributed by atoms with Crippen LogP contribution in [0.1, 0.15) is 34.7 Å². The average molecular weight is 512 g/mol. The number of rotatable bonds is 7. The Morgan fingerprint density at radius 3 is 2.51 bits per heavy atom. The summed E-state index contributed by atoms with van der Waals surface area (Å²) in [4.78, 5) is 37.8. The van der Waals surface area contributed by atoms with Crippen molar-refractivity contribution in [2.75, 3.05) is 10.6 Å². The Balaban J connectivity index is 1.30. The third-order valence-corrected chi connectivity index (χ3v) is 6.79. The summed E-state index contributed by atoms with van der Waals surface area (Å²) in [5.74, 6) is 0.685. The van der Waals surface area contributed by atoms with Gasteiger partial charge in [-0.25, -0.2) is 15.0 Å². The van der Waals surface area contributed by atoms with E-state index in [9.17, 15) is 9.59 Å². The van der Waals surface area contributed by atoms with Crippen LogP contribution in [0.4, 0.5) is 11.5 Å². The number of hydrogen-bond donors (Lipinski definition) is 2. The van der Waals surface area contributed by atoms with E-state index in [1.54, 1.807) is 12.4 Å². The molecular weight excluding hydrogens is 486 g/mol. The van der Waals surface area contributed by atoms with E-state index in [-0.39, 0.29) is 11.8 Å². The second-order valence-corrected chi connectivity index (χ2v) is 9.54. The van der Waals surface area contributed by atoms with Crippen LogP contribution in [-0.2, 0) is 4.79 Å². The van der Waals surface area contributed by atoms with E-state index in [4.69, 9.17) is 0 Å². The molecule has 1 fully saturated rings. The average Bonchev–Trinajstić information content (AvgIpc) is 3.83. The number of hydrogen-bond acceptors (Lipinski definition) is 5. The number of pyridine rings is 1. The molecule has 0 unspecified atom stereocenters. The summed E-state index contributed by atoms with van der Waals surface area (Å²) in [7, 11) is 0. The van der Waals surface area contributed by atoms with Crippen LogP contribution in [0.25, 0.3) is 33.2 Å². The Labute approximate surface area is 225 Å². The summed E-state index contributed by atoms with van der Waals surface area (Å²) in [5, 5.41) is 6.61. The fourth-order valence-corrected chi connectivity index (χ4v) is 4.64. The molecule has 2 amide bonds. The van der Waals surface area contributed by atoms with E-state index in [2.05, 4.69) is 38.2 Å². The van der Waals surface area contributed by atoms with Gasteiger partial charge in [0.2, 0.25) is 5.91 Å². The Kier molecular flexibility index (Phi) is 6.39. The van der Waals surface area contributed by atoms with Gasteiger partial charge in [-0.1, -0.05) is 30.8 Å². The lowest BCUT2D eigenvalue weighted by Gasteiger charge is -2.12. The second kappa shape index (κ2) is 10.3. The molecule has 1 saturated carbocycles. The molecule has 2 heterocycles. The number of nitrogens with zero attached hydrogens (tertiary/aromatic N) is 3. The fourth-order valence-electron chi connectivity index (χ4n) is 4.64. The first-order valence-corrected chi connectivity index (χ1v) is 12.7. The number of nitrogens with one attached hydrogen (secondary N) is 2. The number of aromatic nitrogens is 3. The Hall–Kier alpha value is -5.17. The van der Waals surface area contributed by atoms with Crippen molar-refractivity contribution in [1.29, 1.82) is 0 Å². The minimum absolute atomic E-state index is 0.201. The van der Waals surface area contributed by atoms with E-state index < -0.39 is 0 Å². The highest BCUT2D eigenvalue weighted by Crippen LogP contribution is 2.40. The maximum Gasteiger partial charge on any atom is 0.256 e. The van der Waals surface area contributed by atoms with Gasteiger partial charge in [0.05, 0.1) is 5.52 Å². The van der Waals surface area contributed by atoms with Gasteiger partial charge in [-0.3, -0.25) is 9.59 Å². The molecule has 39 heavy (non-hydrogen) atoms. The van der Waals surface area contributed by atoms with E-state index in [0.717, 1.165) is 33.2 Å². The first-order valence-electron chi connectivity index (χ1n) is 12.7. The Bertz CT molecular complexity index is 1730. The summed E-state index contributed by atoms with van der Waals surface area (Å²) in [6.07, 6.45) is 8.68. The molecule has 0 aliphatic heterocycles. The minimum atomic E-state index is -0.274. The largest absolute Gasteiger partial charge is 0.323 e. The van der Waals surface area contributed by atoms with Crippen LogP contribution in [0.15, 0.2) is 104 Å². The molecule has 2 N–H and O–H groups in total. The van der Waals surface area contributed by atoms with Crippen LogP contribution < -0.4 is 10.6 Å². The molecule has 0 saturated heterocycles. The number of carbonyl (C=O) groups excluding carboxylic acids is 2. The molecular formula is C32H25N5O2. The molecule has 7 heteroatoms. The first-order chi connectivity index (χ1) is 19.1. The van der Waals surface area contributed by atoms with Crippen molar-refractivity contribution in [1.82, 2.24) is 15.0 Å². The standard InChI is InChI=1S/C32H25N5O2/c1-2-30(38)36-27-5-3-4-24(15-27)28-16-25(14-26-18-33-19-35-31(26)28)21-8-10-22(11-9-21)32(39)37-29-17-23(12-13-34-29)20-6-7-20/h2-5,8-20H,1,6-7H2,(H,36,38)(H,34,37,39). The third-order valence-electron chi connectivity index (χ3n) is 6.79. The second-order valence-electron chi connectivity index (χ2n) is 9.54. The molecule has 6 rings (SSSR count). The fraction of sp³-hybridized carbons (Fsp3) is 0.0938. The quantitative estimate of drug-likeness (QED) is 0.240. The van der Waals surface area contributed by atoms with Gasteiger partial charge in [0.15, 0.2) is 0 Å². The molecule has 0 spiro atoms. The highest BCUT2D eigenvalue weighted by atomic mass is 16.2. The molecule has 1 aliphatic carbocycles. The van der Waals surface area contributed by atoms with E-state index >= 15 is 0 Å². The third kappa shape index (κ3) is 5.29. The van der Waals surface area contributed by atoms with Gasteiger partial charge >= 0.3 is 0 Å². The Morgan fingerprint density at radius 1 is 0.872 bits per heavy atom. The highest BCUT2D eigenvalue weighted by Gasteiger charge is 2.24. The molecule has 0 atom stereocenters. The van der Waals surface area contributed by atoms with Gasteiger partial charge in [0.1, 0.15) is 12.1 Å². The lowest BCUT2D eigenvalue weighted by atomic mass is 9.95. The van der Waals surface area contributed by atoms with Crippen LogP contribution >= 0.6 is 0 Å². The van der Waals surface area contributed by atoms with Crippen molar-refractivity contribution in [3.05, 3.63) is 115 Å². The normalized spacial score (nSPS) is 12.6. The molecule has 2 aromatic heterocycles. The zero-order valence-corrected chi connectivity index (χ0v) is 21.1. The molecule has 7 nitrogen and oxygen atoms in total. The summed E-state index contributed by atoms with van der Waals surface area (Å²) in [5.41, 5.74) is 6.95. The van der Waals surface area contributed by atoms with E-state index in [1.165, 1.54) is 30.8 Å². The molecule has 5 aromatic rings. The lowest BCUT2D eigenvalue weighted by Crippen LogP contribution is -2.13. The van der Waals surface area contributed by atoms with Gasteiger partial charge in [-0.2, -0.15) is 0 Å². The van der Waals surface area contributed by atoms with Crippen molar-refractivity contribution >= 4 is 34.2 Å². The SMILES string of the molecule is C=CC(=O)Nc1cccc(-c2cc(-c3ccc(C(=O)Nc4cc(C5CC5)ccn4)cc3)cc3cncnc23)c1. The van der Waals surface area contributed by atoms with Crippen LogP contribution in [0.2, 0.25) is 0 Å². The van der Waals surface area contributed by atoms with Gasteiger partial charge in [-0.15, -0.1) is 0 Å². The zero-order valence-electron chi connectivity index (χ0n) is 21.1. The number of benzene rings is 3. The Morgan fingerprint density at radius 2 is 1.72 bits per heavy atom. The summed E-state index contributed by atoms with van der Waals surface area (Å²) >= 11 is 0. The van der Waals surface area contributed by atoms with Crippen LogP contribution in [0, 0.1) is 0 Å². The number of amides is 2. The van der Waals surface area contributed by atoms with Crippen LogP contribution in [0.3, 0.4) is 0 Å². The highest BCUT2D eigenvalue weighted by molar-refractivity contribution is 6.04. The number of carbonyl (C=O) groups is 2. The van der Waals surface area contributed by atoms with Gasteiger partial charge in [0.25, 0.3) is 5.91 Å². The van der Waals surface area contributed by atoms with Crippen LogP contribution in [0.5, 0.6) is 0 Å². The van der Waals surface area contributed by atoms with Crippen molar-refractivity contribution < 1.29 is 9.59 Å². The molecule has 190 valence electrons. The van der Waals surface area contributed by atoms with Gasteiger partial charge < -0.3 is 10.6 Å². The van der Waals surface area contributed by atoms with E-state index in [1.807, 2.05) is 66.7 Å². The monoisotopic (exact) mass is 511 g/mol. The lowest BCUT2D eigenvalue weighted by molar-refractivity contribution is -0.111. The van der Waals surface area contributed by atoms with Gasteiger partial charge in [-0.05, 0) is 95.6 Å². The van der Waals surface area contributed by atoms with Crippen LogP contribution in [-0.4, -0.2) is 26.8 Å². The van der Waals surface area contributed by atoms with Crippen molar-refractivity contribution in [2.24, 2.45) is 0 Å².